The van der Waals surface area contributed by atoms with E-state index in [9.17, 15) is 4.79 Å². The van der Waals surface area contributed by atoms with Gasteiger partial charge in [-0.1, -0.05) is 48.0 Å². The molecule has 1 fully saturated rings. The Hall–Kier alpha value is -1.84. The van der Waals surface area contributed by atoms with Crippen molar-refractivity contribution in [1.29, 1.82) is 0 Å². The van der Waals surface area contributed by atoms with Crippen LogP contribution in [-0.4, -0.2) is 31.1 Å². The third-order valence-corrected chi connectivity index (χ3v) is 4.41. The third-order valence-electron chi connectivity index (χ3n) is 4.04. The van der Waals surface area contributed by atoms with Gasteiger partial charge in [-0.15, -0.1) is 0 Å². The van der Waals surface area contributed by atoms with E-state index in [4.69, 9.17) is 11.6 Å². The molecule has 0 saturated carbocycles. The Kier molecular flexibility index (Phi) is 4.76. The van der Waals surface area contributed by atoms with Crippen LogP contribution in [0.4, 0.5) is 5.69 Å². The summed E-state index contributed by atoms with van der Waals surface area (Å²) < 4.78 is 0. The zero-order valence-corrected chi connectivity index (χ0v) is 13.2. The number of rotatable bonds is 3. The van der Waals surface area contributed by atoms with Crippen LogP contribution in [0.15, 0.2) is 59.4 Å². The second-order valence-corrected chi connectivity index (χ2v) is 5.92. The van der Waals surface area contributed by atoms with Crippen LogP contribution < -0.4 is 10.3 Å². The van der Waals surface area contributed by atoms with E-state index < -0.39 is 0 Å². The molecule has 0 N–H and O–H groups in total. The molecule has 114 valence electrons. The average molecular weight is 315 g/mol. The summed E-state index contributed by atoms with van der Waals surface area (Å²) in [6.45, 7) is 4.46. The summed E-state index contributed by atoms with van der Waals surface area (Å²) in [5.41, 5.74) is 2.04. The molecule has 4 heteroatoms. The van der Waals surface area contributed by atoms with Crippen molar-refractivity contribution in [2.45, 2.75) is 6.54 Å². The summed E-state index contributed by atoms with van der Waals surface area (Å²) in [6.07, 6.45) is 0. The number of piperazine rings is 1. The van der Waals surface area contributed by atoms with Crippen molar-refractivity contribution in [1.82, 2.24) is 4.90 Å². The van der Waals surface area contributed by atoms with Gasteiger partial charge in [0.25, 0.3) is 0 Å². The molecule has 1 saturated heterocycles. The van der Waals surface area contributed by atoms with Gasteiger partial charge in [0.15, 0.2) is 0 Å². The minimum atomic E-state index is 0.0875. The molecule has 0 atom stereocenters. The smallest absolute Gasteiger partial charge is 0.201 e. The first kappa shape index (κ1) is 15.1. The highest BCUT2D eigenvalue weighted by atomic mass is 35.5. The normalized spacial score (nSPS) is 15.8. The first-order valence-corrected chi connectivity index (χ1v) is 7.92. The van der Waals surface area contributed by atoms with Gasteiger partial charge < -0.3 is 4.90 Å². The van der Waals surface area contributed by atoms with E-state index in [0.29, 0.717) is 0 Å². The number of hydrogen-bond donors (Lipinski definition) is 0. The number of halogens is 1. The molecular weight excluding hydrogens is 296 g/mol. The summed E-state index contributed by atoms with van der Waals surface area (Å²) in [6, 6.07) is 17.1. The van der Waals surface area contributed by atoms with Crippen LogP contribution in [-0.2, 0) is 6.54 Å². The molecule has 3 nitrogen and oxygen atoms in total. The van der Waals surface area contributed by atoms with Gasteiger partial charge >= 0.3 is 0 Å². The third kappa shape index (κ3) is 3.49. The summed E-state index contributed by atoms with van der Waals surface area (Å²) in [4.78, 5) is 16.6. The molecule has 0 aromatic heterocycles. The number of nitrogens with zero attached hydrogens (tertiary/aromatic N) is 2. The average Bonchev–Trinajstić information content (AvgIpc) is 2.75. The van der Waals surface area contributed by atoms with Crippen molar-refractivity contribution in [3.05, 3.63) is 75.4 Å². The van der Waals surface area contributed by atoms with Crippen LogP contribution in [0.2, 0.25) is 5.02 Å². The zero-order chi connectivity index (χ0) is 15.4. The fourth-order valence-electron chi connectivity index (χ4n) is 2.80. The summed E-state index contributed by atoms with van der Waals surface area (Å²) in [5, 5.41) is 0.821. The van der Waals surface area contributed by atoms with E-state index in [2.05, 4.69) is 15.9 Å². The summed E-state index contributed by atoms with van der Waals surface area (Å²) in [5.74, 6) is 0. The molecule has 2 aromatic carbocycles. The van der Waals surface area contributed by atoms with Crippen LogP contribution in [0, 0.1) is 0 Å². The largest absolute Gasteiger partial charge is 0.366 e. The molecule has 0 radical (unpaired) electrons. The van der Waals surface area contributed by atoms with Gasteiger partial charge in [0.05, 0.1) is 5.69 Å². The van der Waals surface area contributed by atoms with Crippen LogP contribution in [0.5, 0.6) is 0 Å². The van der Waals surface area contributed by atoms with Gasteiger partial charge in [-0.3, -0.25) is 9.69 Å². The Morgan fingerprint density at radius 2 is 1.55 bits per heavy atom. The topological polar surface area (TPSA) is 23.6 Å². The number of benzene rings is 1. The lowest BCUT2D eigenvalue weighted by Gasteiger charge is -2.35. The number of anilines is 1. The van der Waals surface area contributed by atoms with Gasteiger partial charge in [-0.05, 0) is 23.8 Å². The van der Waals surface area contributed by atoms with Gasteiger partial charge in [0.2, 0.25) is 5.43 Å². The monoisotopic (exact) mass is 314 g/mol. The first-order chi connectivity index (χ1) is 10.7. The number of hydrogen-bond acceptors (Lipinski definition) is 3. The van der Waals surface area contributed by atoms with Crippen LogP contribution >= 0.6 is 11.6 Å². The van der Waals surface area contributed by atoms with E-state index in [1.54, 1.807) is 12.1 Å². The van der Waals surface area contributed by atoms with Crippen molar-refractivity contribution < 1.29 is 0 Å². The van der Waals surface area contributed by atoms with Gasteiger partial charge in [-0.2, -0.15) is 0 Å². The predicted molar refractivity (Wildman–Crippen MR) is 91.7 cm³/mol. The fraction of sp³-hybridized carbons (Fsp3) is 0.278. The van der Waals surface area contributed by atoms with Crippen LogP contribution in [0.25, 0.3) is 0 Å². The molecule has 0 unspecified atom stereocenters. The highest BCUT2D eigenvalue weighted by Crippen LogP contribution is 2.18. The maximum atomic E-state index is 12.1. The highest BCUT2D eigenvalue weighted by Gasteiger charge is 2.19. The van der Waals surface area contributed by atoms with Crippen molar-refractivity contribution in [3.8, 4) is 0 Å². The zero-order valence-electron chi connectivity index (χ0n) is 12.4. The molecule has 3 rings (SSSR count). The SMILES string of the molecule is O=c1cccccc1N1CCN(Cc2ccccc2Cl)CC1. The van der Waals surface area contributed by atoms with Crippen LogP contribution in [0.1, 0.15) is 5.56 Å². The lowest BCUT2D eigenvalue weighted by molar-refractivity contribution is 0.250. The Bertz CT molecular complexity index is 696. The lowest BCUT2D eigenvalue weighted by Crippen LogP contribution is -2.47. The fourth-order valence-corrected chi connectivity index (χ4v) is 2.99. The van der Waals surface area contributed by atoms with E-state index in [-0.39, 0.29) is 5.43 Å². The van der Waals surface area contributed by atoms with Crippen molar-refractivity contribution in [3.63, 3.8) is 0 Å². The molecule has 0 aliphatic carbocycles. The van der Waals surface area contributed by atoms with Gasteiger partial charge in [-0.25, -0.2) is 0 Å². The predicted octanol–water partition coefficient (Wildman–Crippen LogP) is 3.02. The maximum absolute atomic E-state index is 12.1. The van der Waals surface area contributed by atoms with E-state index in [1.165, 1.54) is 0 Å². The lowest BCUT2D eigenvalue weighted by atomic mass is 10.2. The van der Waals surface area contributed by atoms with Gasteiger partial charge in [0.1, 0.15) is 0 Å². The molecule has 0 spiro atoms. The summed E-state index contributed by atoms with van der Waals surface area (Å²) in [7, 11) is 0. The minimum absolute atomic E-state index is 0.0875. The Morgan fingerprint density at radius 3 is 2.32 bits per heavy atom. The van der Waals surface area contributed by atoms with Gasteiger partial charge in [0, 0.05) is 37.7 Å². The molecule has 0 bridgehead atoms. The Labute approximate surface area is 135 Å². The molecule has 1 heterocycles. The molecule has 1 aliphatic rings. The Balaban J connectivity index is 1.65. The Morgan fingerprint density at radius 1 is 0.864 bits per heavy atom. The molecular formula is C18H19ClN2O. The first-order valence-electron chi connectivity index (χ1n) is 7.54. The molecule has 0 amide bonds. The van der Waals surface area contributed by atoms with E-state index >= 15 is 0 Å². The van der Waals surface area contributed by atoms with Crippen molar-refractivity contribution in [2.75, 3.05) is 31.1 Å². The van der Waals surface area contributed by atoms with Crippen molar-refractivity contribution in [2.24, 2.45) is 0 Å². The highest BCUT2D eigenvalue weighted by molar-refractivity contribution is 6.31. The van der Waals surface area contributed by atoms with Crippen molar-refractivity contribution >= 4 is 17.3 Å². The quantitative estimate of drug-likeness (QED) is 0.870. The second kappa shape index (κ2) is 6.95. The molecule has 2 aromatic rings. The summed E-state index contributed by atoms with van der Waals surface area (Å²) >= 11 is 6.23. The minimum Gasteiger partial charge on any atom is -0.366 e. The standard InChI is InChI=1S/C18H19ClN2O/c19-16-7-5-4-6-15(16)14-20-10-12-21(13-11-20)17-8-2-1-3-9-18(17)22/h1-9H,10-14H2. The van der Waals surface area contributed by atoms with E-state index in [0.717, 1.165) is 49.0 Å². The van der Waals surface area contributed by atoms with Crippen LogP contribution in [0.3, 0.4) is 0 Å². The maximum Gasteiger partial charge on any atom is 0.201 e. The molecule has 22 heavy (non-hydrogen) atoms. The molecule has 1 aliphatic heterocycles. The van der Waals surface area contributed by atoms with E-state index in [1.807, 2.05) is 36.4 Å². The second-order valence-electron chi connectivity index (χ2n) is 5.51.